The molecule has 0 aliphatic carbocycles. The van der Waals surface area contributed by atoms with Gasteiger partial charge in [-0.1, -0.05) is 17.7 Å². The van der Waals surface area contributed by atoms with Gasteiger partial charge in [0, 0.05) is 43.1 Å². The Morgan fingerprint density at radius 3 is 2.59 bits per heavy atom. The Morgan fingerprint density at radius 2 is 1.92 bits per heavy atom. The summed E-state index contributed by atoms with van der Waals surface area (Å²) in [5.41, 5.74) is 1.52. The van der Waals surface area contributed by atoms with Crippen LogP contribution in [0.15, 0.2) is 58.8 Å². The van der Waals surface area contributed by atoms with E-state index in [1.165, 1.54) is 21.6 Å². The van der Waals surface area contributed by atoms with E-state index in [9.17, 15) is 9.59 Å². The molecule has 4 aromatic rings. The molecular formula is C27H32ClN9O2. The Kier molecular flexibility index (Phi) is 7.28. The van der Waals surface area contributed by atoms with E-state index in [0.717, 1.165) is 18.8 Å². The molecule has 3 aromatic heterocycles. The largest absolute Gasteiger partial charge is 0.367 e. The molecule has 0 amide bonds. The Hall–Kier alpha value is -3.96. The summed E-state index contributed by atoms with van der Waals surface area (Å²) in [5, 5.41) is 12.2. The van der Waals surface area contributed by atoms with Crippen LogP contribution in [0.3, 0.4) is 0 Å². The Morgan fingerprint density at radius 1 is 1.18 bits per heavy atom. The normalized spacial score (nSPS) is 17.6. The lowest BCUT2D eigenvalue weighted by Gasteiger charge is -2.38. The number of benzene rings is 1. The van der Waals surface area contributed by atoms with E-state index in [1.54, 1.807) is 16.8 Å². The van der Waals surface area contributed by atoms with Crippen LogP contribution in [-0.2, 0) is 6.54 Å². The second-order valence-electron chi connectivity index (χ2n) is 10.2. The minimum absolute atomic E-state index is 0.161. The molecule has 5 rings (SSSR count). The van der Waals surface area contributed by atoms with E-state index < -0.39 is 0 Å². The van der Waals surface area contributed by atoms with Crippen molar-refractivity contribution in [3.63, 3.8) is 0 Å². The lowest BCUT2D eigenvalue weighted by Crippen LogP contribution is -2.54. The van der Waals surface area contributed by atoms with Crippen LogP contribution in [0.4, 0.5) is 17.3 Å². The molecule has 2 atom stereocenters. The topological polar surface area (TPSA) is 115 Å². The van der Waals surface area contributed by atoms with Gasteiger partial charge in [0.2, 0.25) is 5.95 Å². The number of nitrogens with zero attached hydrogens (tertiary/aromatic N) is 7. The molecule has 1 aliphatic rings. The molecule has 0 saturated carbocycles. The number of fused-ring (bicyclic) bond motifs is 1. The molecule has 0 spiro atoms. The van der Waals surface area contributed by atoms with Crippen molar-refractivity contribution in [3.8, 4) is 5.82 Å². The summed E-state index contributed by atoms with van der Waals surface area (Å²) >= 11 is 6.70. The molecule has 4 heterocycles. The van der Waals surface area contributed by atoms with Crippen LogP contribution >= 0.6 is 11.6 Å². The van der Waals surface area contributed by atoms with E-state index in [1.807, 2.05) is 32.0 Å². The van der Waals surface area contributed by atoms with Crippen molar-refractivity contribution in [2.24, 2.45) is 0 Å². The van der Waals surface area contributed by atoms with Crippen LogP contribution in [0.2, 0.25) is 5.02 Å². The Bertz CT molecular complexity index is 1650. The standard InChI is InChI=1S/C27H32ClN9O2/c1-6-11-35-26(39)20-13-29-27(32-25(20)37(35)23-9-10-24(38)36(33-23)16(2)3)31-19-7-8-22(21(28)12-19)34-14-17(4)30-18(5)15-34/h6-10,12-13,16-18,30H,1,11,14-15H2,2-5H3,(H,29,31,32)/t17-,18+. The fourth-order valence-corrected chi connectivity index (χ4v) is 5.30. The minimum Gasteiger partial charge on any atom is -0.367 e. The first-order valence-corrected chi connectivity index (χ1v) is 13.3. The number of hydrogen-bond donors (Lipinski definition) is 2. The highest BCUT2D eigenvalue weighted by atomic mass is 35.5. The third kappa shape index (κ3) is 5.19. The van der Waals surface area contributed by atoms with E-state index in [-0.39, 0.29) is 29.7 Å². The highest BCUT2D eigenvalue weighted by Gasteiger charge is 2.23. The lowest BCUT2D eigenvalue weighted by molar-refractivity contribution is 0.407. The van der Waals surface area contributed by atoms with Gasteiger partial charge < -0.3 is 15.5 Å². The Balaban J connectivity index is 1.53. The molecule has 1 aliphatic heterocycles. The number of anilines is 3. The number of rotatable bonds is 7. The quantitative estimate of drug-likeness (QED) is 0.337. The smallest absolute Gasteiger partial charge is 0.278 e. The van der Waals surface area contributed by atoms with Crippen LogP contribution in [-0.4, -0.2) is 54.3 Å². The predicted octanol–water partition coefficient (Wildman–Crippen LogP) is 3.49. The van der Waals surface area contributed by atoms with Crippen molar-refractivity contribution in [3.05, 3.63) is 74.9 Å². The van der Waals surface area contributed by atoms with Crippen LogP contribution in [0, 0.1) is 0 Å². The van der Waals surface area contributed by atoms with Crippen LogP contribution in [0.5, 0.6) is 0 Å². The van der Waals surface area contributed by atoms with E-state index in [4.69, 9.17) is 11.6 Å². The predicted molar refractivity (Wildman–Crippen MR) is 155 cm³/mol. The van der Waals surface area contributed by atoms with Gasteiger partial charge in [0.15, 0.2) is 11.5 Å². The molecule has 0 unspecified atom stereocenters. The first-order chi connectivity index (χ1) is 18.7. The summed E-state index contributed by atoms with van der Waals surface area (Å²) < 4.78 is 4.43. The van der Waals surface area contributed by atoms with Gasteiger partial charge in [-0.2, -0.15) is 4.98 Å². The average molecular weight is 550 g/mol. The van der Waals surface area contributed by atoms with Crippen molar-refractivity contribution in [1.29, 1.82) is 0 Å². The fourth-order valence-electron chi connectivity index (χ4n) is 5.00. The zero-order valence-electron chi connectivity index (χ0n) is 22.4. The number of halogens is 1. The molecule has 204 valence electrons. The van der Waals surface area contributed by atoms with Crippen LogP contribution < -0.4 is 26.7 Å². The van der Waals surface area contributed by atoms with Crippen LogP contribution in [0.25, 0.3) is 16.9 Å². The monoisotopic (exact) mass is 549 g/mol. The third-order valence-corrected chi connectivity index (χ3v) is 6.90. The molecular weight excluding hydrogens is 518 g/mol. The second kappa shape index (κ2) is 10.7. The number of aromatic nitrogens is 6. The zero-order chi connectivity index (χ0) is 27.8. The van der Waals surface area contributed by atoms with Crippen molar-refractivity contribution in [2.45, 2.75) is 52.4 Å². The molecule has 2 N–H and O–H groups in total. The Labute approximate surface area is 230 Å². The summed E-state index contributed by atoms with van der Waals surface area (Å²) in [5.74, 6) is 0.672. The molecule has 12 heteroatoms. The maximum atomic E-state index is 13.2. The minimum atomic E-state index is -0.285. The molecule has 11 nitrogen and oxygen atoms in total. The van der Waals surface area contributed by atoms with Gasteiger partial charge in [-0.05, 0) is 52.0 Å². The van der Waals surface area contributed by atoms with E-state index >= 15 is 0 Å². The number of hydrogen-bond acceptors (Lipinski definition) is 8. The zero-order valence-corrected chi connectivity index (χ0v) is 23.2. The summed E-state index contributed by atoms with van der Waals surface area (Å²) in [6.45, 7) is 13.8. The van der Waals surface area contributed by atoms with Crippen LogP contribution in [0.1, 0.15) is 33.7 Å². The highest BCUT2D eigenvalue weighted by Crippen LogP contribution is 2.31. The number of piperazine rings is 1. The second-order valence-corrected chi connectivity index (χ2v) is 10.6. The summed E-state index contributed by atoms with van der Waals surface area (Å²) in [7, 11) is 0. The molecule has 0 bridgehead atoms. The lowest BCUT2D eigenvalue weighted by atomic mass is 10.1. The van der Waals surface area contributed by atoms with E-state index in [0.29, 0.717) is 39.6 Å². The van der Waals surface area contributed by atoms with Gasteiger partial charge in [-0.25, -0.2) is 19.0 Å². The first kappa shape index (κ1) is 26.6. The molecule has 0 radical (unpaired) electrons. The molecule has 39 heavy (non-hydrogen) atoms. The first-order valence-electron chi connectivity index (χ1n) is 12.9. The average Bonchev–Trinajstić information content (AvgIpc) is 3.14. The molecule has 1 fully saturated rings. The highest BCUT2D eigenvalue weighted by molar-refractivity contribution is 6.33. The van der Waals surface area contributed by atoms with Gasteiger partial charge in [-0.15, -0.1) is 11.7 Å². The molecule has 1 aromatic carbocycles. The van der Waals surface area contributed by atoms with Gasteiger partial charge in [0.05, 0.1) is 23.3 Å². The van der Waals surface area contributed by atoms with Crippen molar-refractivity contribution in [2.75, 3.05) is 23.3 Å². The number of allylic oxidation sites excluding steroid dienone is 1. The van der Waals surface area contributed by atoms with Gasteiger partial charge >= 0.3 is 0 Å². The fraction of sp³-hybridized carbons (Fsp3) is 0.370. The third-order valence-electron chi connectivity index (χ3n) is 6.60. The van der Waals surface area contributed by atoms with E-state index in [2.05, 4.69) is 51.0 Å². The van der Waals surface area contributed by atoms with Crippen molar-refractivity contribution < 1.29 is 0 Å². The number of nitrogens with one attached hydrogen (secondary N) is 2. The van der Waals surface area contributed by atoms with Gasteiger partial charge in [-0.3, -0.25) is 9.59 Å². The van der Waals surface area contributed by atoms with Crippen molar-refractivity contribution in [1.82, 2.24) is 34.4 Å². The van der Waals surface area contributed by atoms with Crippen molar-refractivity contribution >= 4 is 40.0 Å². The summed E-state index contributed by atoms with van der Waals surface area (Å²) in [6, 6.07) is 9.34. The molecule has 1 saturated heterocycles. The summed E-state index contributed by atoms with van der Waals surface area (Å²) in [4.78, 5) is 36.9. The van der Waals surface area contributed by atoms with Gasteiger partial charge in [0.1, 0.15) is 5.39 Å². The summed E-state index contributed by atoms with van der Waals surface area (Å²) in [6.07, 6.45) is 3.10. The van der Waals surface area contributed by atoms with Gasteiger partial charge in [0.25, 0.3) is 11.1 Å². The maximum Gasteiger partial charge on any atom is 0.278 e. The SMILES string of the molecule is C=CCn1c(=O)c2cnc(Nc3ccc(N4C[C@@H](C)N[C@@H](C)C4)c(Cl)c3)nc2n1-c1ccc(=O)n(C(C)C)n1. The maximum absolute atomic E-state index is 13.2.